The first-order valence-corrected chi connectivity index (χ1v) is 3.61. The summed E-state index contributed by atoms with van der Waals surface area (Å²) in [5.74, 6) is 0.472. The van der Waals surface area contributed by atoms with Gasteiger partial charge in [-0.1, -0.05) is 32.0 Å². The van der Waals surface area contributed by atoms with Crippen molar-refractivity contribution in [1.82, 2.24) is 0 Å². The van der Waals surface area contributed by atoms with Crippen molar-refractivity contribution in [2.24, 2.45) is 0 Å². The highest BCUT2D eigenvalue weighted by Gasteiger charge is 2.31. The molecule has 0 bridgehead atoms. The Bertz CT molecular complexity index is 101. The molecule has 0 aromatic carbocycles. The first-order chi connectivity index (χ1) is 4.14. The molecule has 1 atom stereocenters. The summed E-state index contributed by atoms with van der Waals surface area (Å²) in [5.41, 5.74) is 0. The van der Waals surface area contributed by atoms with E-state index in [9.17, 15) is 0 Å². The van der Waals surface area contributed by atoms with E-state index in [1.54, 1.807) is 0 Å². The van der Waals surface area contributed by atoms with Crippen LogP contribution >= 0.6 is 0 Å². The van der Waals surface area contributed by atoms with Crippen LogP contribution in [-0.2, 0) is 0 Å². The Morgan fingerprint density at radius 3 is 2.56 bits per heavy atom. The standard InChI is InChI=1S/C7H14BO/c1-7(2)4-3-6(5-9)8-7/h6,9H,3-5H2,1-2H3. The van der Waals surface area contributed by atoms with Gasteiger partial charge in [-0.25, -0.2) is 0 Å². The molecule has 0 aliphatic carbocycles. The van der Waals surface area contributed by atoms with E-state index in [0.29, 0.717) is 17.7 Å². The van der Waals surface area contributed by atoms with Gasteiger partial charge in [0.25, 0.3) is 0 Å². The molecule has 1 aliphatic rings. The van der Waals surface area contributed by atoms with Crippen molar-refractivity contribution in [1.29, 1.82) is 0 Å². The van der Waals surface area contributed by atoms with E-state index in [0.717, 1.165) is 0 Å². The lowest BCUT2D eigenvalue weighted by Gasteiger charge is -2.14. The summed E-state index contributed by atoms with van der Waals surface area (Å²) in [7, 11) is 2.27. The zero-order chi connectivity index (χ0) is 6.91. The van der Waals surface area contributed by atoms with Crippen molar-refractivity contribution in [2.75, 3.05) is 6.61 Å². The van der Waals surface area contributed by atoms with Crippen molar-refractivity contribution in [2.45, 2.75) is 37.8 Å². The predicted octanol–water partition coefficient (Wildman–Crippen LogP) is 1.46. The molecule has 51 valence electrons. The Labute approximate surface area is 57.7 Å². The summed E-state index contributed by atoms with van der Waals surface area (Å²) in [6.45, 7) is 4.79. The molecule has 9 heavy (non-hydrogen) atoms. The maximum absolute atomic E-state index is 8.77. The monoisotopic (exact) mass is 125 g/mol. The molecule has 1 saturated heterocycles. The second-order valence-corrected chi connectivity index (χ2v) is 3.64. The molecule has 1 heterocycles. The van der Waals surface area contributed by atoms with Crippen LogP contribution in [0.5, 0.6) is 0 Å². The highest BCUT2D eigenvalue weighted by molar-refractivity contribution is 6.43. The minimum absolute atomic E-state index is 0.337. The van der Waals surface area contributed by atoms with Crippen LogP contribution in [0.25, 0.3) is 0 Å². The minimum Gasteiger partial charge on any atom is -0.397 e. The fraction of sp³-hybridized carbons (Fsp3) is 1.00. The molecule has 1 unspecified atom stereocenters. The average Bonchev–Trinajstić information content (AvgIpc) is 2.10. The van der Waals surface area contributed by atoms with E-state index in [2.05, 4.69) is 21.1 Å². The summed E-state index contributed by atoms with van der Waals surface area (Å²) in [4.78, 5) is 0. The molecular weight excluding hydrogens is 111 g/mol. The lowest BCUT2D eigenvalue weighted by molar-refractivity contribution is 0.287. The Balaban J connectivity index is 2.38. The van der Waals surface area contributed by atoms with Crippen LogP contribution in [0.15, 0.2) is 0 Å². The van der Waals surface area contributed by atoms with Gasteiger partial charge < -0.3 is 5.11 Å². The van der Waals surface area contributed by atoms with E-state index in [-0.39, 0.29) is 0 Å². The number of aliphatic hydroxyl groups excluding tert-OH is 1. The Morgan fingerprint density at radius 1 is 1.67 bits per heavy atom. The SMILES string of the molecule is CC1(C)[B]C(CO)CC1. The third-order valence-corrected chi connectivity index (χ3v) is 2.08. The van der Waals surface area contributed by atoms with E-state index in [1.807, 2.05) is 0 Å². The smallest absolute Gasteiger partial charge is 0.124 e. The van der Waals surface area contributed by atoms with E-state index < -0.39 is 0 Å². The summed E-state index contributed by atoms with van der Waals surface area (Å²) in [6, 6.07) is 0. The summed E-state index contributed by atoms with van der Waals surface area (Å²) in [5, 5.41) is 9.15. The Hall–Kier alpha value is 0.0249. The lowest BCUT2D eigenvalue weighted by Crippen LogP contribution is -2.09. The fourth-order valence-electron chi connectivity index (χ4n) is 1.51. The average molecular weight is 125 g/mol. The molecule has 0 spiro atoms. The molecular formula is C7H14BO. The quantitative estimate of drug-likeness (QED) is 0.526. The largest absolute Gasteiger partial charge is 0.397 e. The van der Waals surface area contributed by atoms with Crippen LogP contribution in [0.1, 0.15) is 26.7 Å². The third kappa shape index (κ3) is 1.72. The van der Waals surface area contributed by atoms with Crippen LogP contribution in [0.2, 0.25) is 11.1 Å². The molecule has 0 amide bonds. The zero-order valence-electron chi connectivity index (χ0n) is 6.22. The lowest BCUT2D eigenvalue weighted by atomic mass is 9.53. The van der Waals surface area contributed by atoms with Gasteiger partial charge in [0.2, 0.25) is 0 Å². The summed E-state index contributed by atoms with van der Waals surface area (Å²) in [6.07, 6.45) is 2.40. The van der Waals surface area contributed by atoms with E-state index >= 15 is 0 Å². The topological polar surface area (TPSA) is 20.2 Å². The van der Waals surface area contributed by atoms with Crippen molar-refractivity contribution in [3.05, 3.63) is 0 Å². The van der Waals surface area contributed by atoms with Gasteiger partial charge in [0.05, 0.1) is 0 Å². The fourth-order valence-corrected chi connectivity index (χ4v) is 1.51. The van der Waals surface area contributed by atoms with Crippen LogP contribution in [0.4, 0.5) is 0 Å². The number of rotatable bonds is 1. The zero-order valence-corrected chi connectivity index (χ0v) is 6.22. The van der Waals surface area contributed by atoms with Crippen molar-refractivity contribution in [3.63, 3.8) is 0 Å². The van der Waals surface area contributed by atoms with Gasteiger partial charge >= 0.3 is 0 Å². The summed E-state index contributed by atoms with van der Waals surface area (Å²) >= 11 is 0. The predicted molar refractivity (Wildman–Crippen MR) is 39.9 cm³/mol. The minimum atomic E-state index is 0.337. The maximum Gasteiger partial charge on any atom is 0.124 e. The second-order valence-electron chi connectivity index (χ2n) is 3.64. The van der Waals surface area contributed by atoms with Gasteiger partial charge in [-0.05, 0) is 5.82 Å². The highest BCUT2D eigenvalue weighted by atomic mass is 16.3. The van der Waals surface area contributed by atoms with Gasteiger partial charge in [0.15, 0.2) is 0 Å². The van der Waals surface area contributed by atoms with Gasteiger partial charge in [-0.3, -0.25) is 0 Å². The number of hydrogen-bond acceptors (Lipinski definition) is 1. The Kier molecular flexibility index (Phi) is 1.85. The first-order valence-electron chi connectivity index (χ1n) is 3.61. The van der Waals surface area contributed by atoms with Gasteiger partial charge in [-0.2, -0.15) is 0 Å². The molecule has 1 rings (SSSR count). The third-order valence-electron chi connectivity index (χ3n) is 2.08. The molecule has 0 saturated carbocycles. The van der Waals surface area contributed by atoms with Gasteiger partial charge in [-0.15, -0.1) is 0 Å². The summed E-state index contributed by atoms with van der Waals surface area (Å²) < 4.78 is 0. The molecule has 1 radical (unpaired) electrons. The maximum atomic E-state index is 8.77. The van der Waals surface area contributed by atoms with Gasteiger partial charge in [0.1, 0.15) is 7.28 Å². The van der Waals surface area contributed by atoms with E-state index in [1.165, 1.54) is 12.8 Å². The molecule has 1 fully saturated rings. The first kappa shape index (κ1) is 7.14. The molecule has 2 heteroatoms. The number of hydrogen-bond donors (Lipinski definition) is 1. The number of aliphatic hydroxyl groups is 1. The molecule has 1 N–H and O–H groups in total. The van der Waals surface area contributed by atoms with Crippen molar-refractivity contribution in [3.8, 4) is 0 Å². The molecule has 1 aliphatic heterocycles. The second kappa shape index (κ2) is 2.33. The van der Waals surface area contributed by atoms with Crippen LogP contribution in [-0.4, -0.2) is 19.0 Å². The molecule has 0 aromatic rings. The highest BCUT2D eigenvalue weighted by Crippen LogP contribution is 2.42. The molecule has 1 nitrogen and oxygen atoms in total. The van der Waals surface area contributed by atoms with E-state index in [4.69, 9.17) is 5.11 Å². The van der Waals surface area contributed by atoms with Crippen molar-refractivity contribution < 1.29 is 5.11 Å². The Morgan fingerprint density at radius 2 is 2.33 bits per heavy atom. The molecule has 0 aromatic heterocycles. The normalized spacial score (nSPS) is 32.1. The van der Waals surface area contributed by atoms with Crippen LogP contribution in [0.3, 0.4) is 0 Å². The van der Waals surface area contributed by atoms with Crippen LogP contribution < -0.4 is 0 Å². The van der Waals surface area contributed by atoms with Crippen LogP contribution in [0, 0.1) is 0 Å². The van der Waals surface area contributed by atoms with Gasteiger partial charge in [0, 0.05) is 6.61 Å². The van der Waals surface area contributed by atoms with Crippen molar-refractivity contribution >= 4 is 7.28 Å².